The van der Waals surface area contributed by atoms with Crippen LogP contribution in [0.5, 0.6) is 0 Å². The fraction of sp³-hybridized carbons (Fsp3) is 0.760. The molecule has 152 valence electrons. The van der Waals surface area contributed by atoms with Crippen LogP contribution in [-0.2, 0) is 11.3 Å². The van der Waals surface area contributed by atoms with E-state index in [0.717, 1.165) is 48.4 Å². The lowest BCUT2D eigenvalue weighted by Crippen LogP contribution is -2.52. The Morgan fingerprint density at radius 2 is 2.00 bits per heavy atom. The number of aromatic nitrogens is 2. The Hall–Kier alpha value is -1.38. The summed E-state index contributed by atoms with van der Waals surface area (Å²) in [6.07, 6.45) is 16.0. The summed E-state index contributed by atoms with van der Waals surface area (Å²) in [4.78, 5) is 13.5. The van der Waals surface area contributed by atoms with E-state index < -0.39 is 0 Å². The van der Waals surface area contributed by atoms with E-state index in [4.69, 9.17) is 0 Å². The average Bonchev–Trinajstić information content (AvgIpc) is 3.25. The number of ketones is 1. The predicted octanol–water partition coefficient (Wildman–Crippen LogP) is 5.90. The Bertz CT molecular complexity index is 807. The van der Waals surface area contributed by atoms with Crippen molar-refractivity contribution in [1.29, 1.82) is 0 Å². The molecule has 0 aliphatic heterocycles. The van der Waals surface area contributed by atoms with Crippen LogP contribution in [0.15, 0.2) is 17.8 Å². The zero-order chi connectivity index (χ0) is 19.5. The minimum absolute atomic E-state index is 0.127. The molecule has 4 fully saturated rings. The van der Waals surface area contributed by atoms with E-state index in [1.54, 1.807) is 0 Å². The van der Waals surface area contributed by atoms with Crippen molar-refractivity contribution in [1.82, 2.24) is 9.78 Å². The van der Waals surface area contributed by atoms with Gasteiger partial charge in [0.05, 0.1) is 5.69 Å². The van der Waals surface area contributed by atoms with Crippen LogP contribution in [0.25, 0.3) is 6.08 Å². The van der Waals surface area contributed by atoms with Crippen molar-refractivity contribution in [2.45, 2.75) is 85.1 Å². The van der Waals surface area contributed by atoms with E-state index in [0.29, 0.717) is 17.1 Å². The maximum atomic E-state index is 13.5. The highest BCUT2D eigenvalue weighted by Gasteiger charge is 2.60. The maximum Gasteiger partial charge on any atom is 0.165 e. The van der Waals surface area contributed by atoms with Gasteiger partial charge < -0.3 is 0 Å². The lowest BCUT2D eigenvalue weighted by Gasteiger charge is -2.59. The number of hydrogen-bond donors (Lipinski definition) is 0. The first-order valence-corrected chi connectivity index (χ1v) is 11.7. The van der Waals surface area contributed by atoms with Crippen LogP contribution in [0.4, 0.5) is 0 Å². The first kappa shape index (κ1) is 18.6. The fourth-order valence-corrected chi connectivity index (χ4v) is 7.90. The minimum Gasteiger partial charge on any atom is -0.294 e. The topological polar surface area (TPSA) is 34.9 Å². The molecule has 4 saturated carbocycles. The molecule has 4 aliphatic rings. The second kappa shape index (κ2) is 6.57. The smallest absolute Gasteiger partial charge is 0.165 e. The van der Waals surface area contributed by atoms with Crippen molar-refractivity contribution < 1.29 is 4.79 Å². The van der Waals surface area contributed by atoms with Gasteiger partial charge in [0.25, 0.3) is 0 Å². The molecule has 1 heterocycles. The molecule has 0 radical (unpaired) electrons. The number of nitrogens with zero attached hydrogens (tertiary/aromatic N) is 2. The Morgan fingerprint density at radius 3 is 2.79 bits per heavy atom. The normalized spacial score (nSPS) is 44.2. The maximum absolute atomic E-state index is 13.5. The minimum atomic E-state index is -0.127. The number of carbonyl (C=O) groups is 1. The van der Waals surface area contributed by atoms with E-state index in [9.17, 15) is 4.79 Å². The summed E-state index contributed by atoms with van der Waals surface area (Å²) in [6, 6.07) is 2.05. The number of rotatable bonds is 2. The van der Waals surface area contributed by atoms with Crippen molar-refractivity contribution in [2.24, 2.45) is 34.5 Å². The third kappa shape index (κ3) is 2.60. The Morgan fingerprint density at radius 1 is 1.14 bits per heavy atom. The van der Waals surface area contributed by atoms with Crippen LogP contribution in [0, 0.1) is 34.5 Å². The number of Topliss-reactive ketones (excluding diaryl/α,β-unsaturated/α-hetero) is 1. The van der Waals surface area contributed by atoms with E-state index in [2.05, 4.69) is 31.9 Å². The van der Waals surface area contributed by atoms with Gasteiger partial charge in [-0.05, 0) is 98.7 Å². The van der Waals surface area contributed by atoms with E-state index in [1.165, 1.54) is 44.9 Å². The SMILES string of the molecule is CCn1ccc(/C=C2/C[C@H]3[C@@H]4CC[C@@H]5CCCC[C@]5(C)[C@H]4CC[C@]3(C)C2=O)n1. The highest BCUT2D eigenvalue weighted by Crippen LogP contribution is 2.66. The third-order valence-corrected chi connectivity index (χ3v) is 9.53. The van der Waals surface area contributed by atoms with Gasteiger partial charge in [-0.3, -0.25) is 9.48 Å². The molecule has 0 N–H and O–H groups in total. The molecule has 0 amide bonds. The summed E-state index contributed by atoms with van der Waals surface area (Å²) < 4.78 is 1.95. The van der Waals surface area contributed by atoms with Gasteiger partial charge in [0.15, 0.2) is 5.78 Å². The van der Waals surface area contributed by atoms with Crippen molar-refractivity contribution >= 4 is 11.9 Å². The van der Waals surface area contributed by atoms with Crippen molar-refractivity contribution in [3.63, 3.8) is 0 Å². The van der Waals surface area contributed by atoms with Crippen LogP contribution < -0.4 is 0 Å². The number of allylic oxidation sites excluding steroid dienone is 1. The molecular formula is C25H36N2O. The summed E-state index contributed by atoms with van der Waals surface area (Å²) >= 11 is 0. The Kier molecular flexibility index (Phi) is 4.37. The third-order valence-electron chi connectivity index (χ3n) is 9.53. The van der Waals surface area contributed by atoms with Crippen LogP contribution in [0.1, 0.15) is 84.3 Å². The Balaban J connectivity index is 1.45. The van der Waals surface area contributed by atoms with Gasteiger partial charge in [-0.15, -0.1) is 0 Å². The average molecular weight is 381 g/mol. The number of aryl methyl sites for hydroxylation is 1. The zero-order valence-corrected chi connectivity index (χ0v) is 17.9. The molecule has 0 aromatic carbocycles. The number of hydrogen-bond acceptors (Lipinski definition) is 2. The molecule has 3 nitrogen and oxygen atoms in total. The molecule has 1 aromatic heterocycles. The zero-order valence-electron chi connectivity index (χ0n) is 17.9. The summed E-state index contributed by atoms with van der Waals surface area (Å²) in [5, 5.41) is 4.60. The fourth-order valence-electron chi connectivity index (χ4n) is 7.90. The molecular weight excluding hydrogens is 344 g/mol. The highest BCUT2D eigenvalue weighted by molar-refractivity contribution is 6.05. The second-order valence-electron chi connectivity index (χ2n) is 10.7. The summed E-state index contributed by atoms with van der Waals surface area (Å²) in [6.45, 7) is 7.88. The molecule has 1 aromatic rings. The van der Waals surface area contributed by atoms with Crippen molar-refractivity contribution in [3.8, 4) is 0 Å². The van der Waals surface area contributed by atoms with Crippen LogP contribution in [0.3, 0.4) is 0 Å². The summed E-state index contributed by atoms with van der Waals surface area (Å²) in [7, 11) is 0. The summed E-state index contributed by atoms with van der Waals surface area (Å²) in [5.41, 5.74) is 2.41. The van der Waals surface area contributed by atoms with E-state index in [-0.39, 0.29) is 5.41 Å². The predicted molar refractivity (Wildman–Crippen MR) is 113 cm³/mol. The van der Waals surface area contributed by atoms with Gasteiger partial charge in [-0.2, -0.15) is 5.10 Å². The van der Waals surface area contributed by atoms with Crippen molar-refractivity contribution in [3.05, 3.63) is 23.5 Å². The molecule has 28 heavy (non-hydrogen) atoms. The molecule has 6 atom stereocenters. The van der Waals surface area contributed by atoms with Gasteiger partial charge in [-0.25, -0.2) is 0 Å². The molecule has 0 spiro atoms. The van der Waals surface area contributed by atoms with Crippen LogP contribution in [0.2, 0.25) is 0 Å². The lowest BCUT2D eigenvalue weighted by atomic mass is 9.45. The number of fused-ring (bicyclic) bond motifs is 5. The lowest BCUT2D eigenvalue weighted by molar-refractivity contribution is -0.137. The van der Waals surface area contributed by atoms with Gasteiger partial charge >= 0.3 is 0 Å². The van der Waals surface area contributed by atoms with Crippen molar-refractivity contribution in [2.75, 3.05) is 0 Å². The van der Waals surface area contributed by atoms with Gasteiger partial charge in [0.1, 0.15) is 0 Å². The highest BCUT2D eigenvalue weighted by atomic mass is 16.1. The van der Waals surface area contributed by atoms with E-state index >= 15 is 0 Å². The first-order valence-electron chi connectivity index (χ1n) is 11.7. The standard InChI is InChI=1S/C25H36N2O/c1-4-27-14-11-19(26-27)15-17-16-22-20-9-8-18-7-5-6-12-24(18,2)21(20)10-13-25(22,3)23(17)28/h11,14-15,18,20-22H,4-10,12-13,16H2,1-3H3/b17-15-/t18-,20+,21-,22-,24-,25-/m0/s1. The number of carbonyl (C=O) groups excluding carboxylic acids is 1. The van der Waals surface area contributed by atoms with Gasteiger partial charge in [0.2, 0.25) is 0 Å². The molecule has 3 heteroatoms. The van der Waals surface area contributed by atoms with Crippen LogP contribution >= 0.6 is 0 Å². The molecule has 4 aliphatic carbocycles. The Labute approximate surface area is 170 Å². The monoisotopic (exact) mass is 380 g/mol. The van der Waals surface area contributed by atoms with Gasteiger partial charge in [-0.1, -0.05) is 26.7 Å². The van der Waals surface area contributed by atoms with Crippen LogP contribution in [-0.4, -0.2) is 15.6 Å². The molecule has 0 unspecified atom stereocenters. The summed E-state index contributed by atoms with van der Waals surface area (Å²) in [5.74, 6) is 3.52. The molecule has 0 bridgehead atoms. The largest absolute Gasteiger partial charge is 0.294 e. The quantitative estimate of drug-likeness (QED) is 0.599. The second-order valence-corrected chi connectivity index (χ2v) is 10.7. The van der Waals surface area contributed by atoms with E-state index in [1.807, 2.05) is 16.9 Å². The molecule has 5 rings (SSSR count). The molecule has 0 saturated heterocycles. The first-order chi connectivity index (χ1) is 13.5. The van der Waals surface area contributed by atoms with Gasteiger partial charge in [0, 0.05) is 18.2 Å².